The van der Waals surface area contributed by atoms with E-state index in [1.165, 1.54) is 0 Å². The predicted molar refractivity (Wildman–Crippen MR) is 31.1 cm³/mol. The fraction of sp³-hybridized carbons (Fsp3) is 1.00. The number of hydrogen-bond acceptors (Lipinski definition) is 5. The minimum absolute atomic E-state index is 0.170. The van der Waals surface area contributed by atoms with Gasteiger partial charge in [-0.1, -0.05) is 0 Å². The monoisotopic (exact) mass is 136 g/mol. The molecule has 0 rings (SSSR count). The van der Waals surface area contributed by atoms with Crippen molar-refractivity contribution in [2.45, 2.75) is 0 Å². The van der Waals surface area contributed by atoms with Crippen molar-refractivity contribution in [2.75, 3.05) is 26.7 Å². The van der Waals surface area contributed by atoms with E-state index >= 15 is 0 Å². The summed E-state index contributed by atoms with van der Waals surface area (Å²) in [6, 6.07) is 0. The molecule has 5 heteroatoms. The van der Waals surface area contributed by atoms with Gasteiger partial charge < -0.3 is 20.0 Å². The Morgan fingerprint density at radius 2 is 1.89 bits per heavy atom. The highest BCUT2D eigenvalue weighted by Gasteiger charge is 1.84. The SMILES string of the molecule is NCOCOCCON. The van der Waals surface area contributed by atoms with Gasteiger partial charge >= 0.3 is 0 Å². The molecule has 9 heavy (non-hydrogen) atoms. The first kappa shape index (κ1) is 8.80. The Labute approximate surface area is 53.8 Å². The molecule has 0 heterocycles. The second-order valence-electron chi connectivity index (χ2n) is 1.27. The van der Waals surface area contributed by atoms with Crippen LogP contribution in [0.5, 0.6) is 0 Å². The molecule has 0 unspecified atom stereocenters. The van der Waals surface area contributed by atoms with Crippen LogP contribution in [0.1, 0.15) is 0 Å². The van der Waals surface area contributed by atoms with Crippen molar-refractivity contribution in [3.05, 3.63) is 0 Å². The van der Waals surface area contributed by atoms with Gasteiger partial charge in [0.2, 0.25) is 0 Å². The molecule has 0 spiro atoms. The van der Waals surface area contributed by atoms with Gasteiger partial charge in [-0.2, -0.15) is 0 Å². The highest BCUT2D eigenvalue weighted by molar-refractivity contribution is 4.20. The van der Waals surface area contributed by atoms with Crippen LogP contribution in [0, 0.1) is 0 Å². The maximum atomic E-state index is 4.99. The molecule has 0 aliphatic carbocycles. The molecule has 0 fully saturated rings. The lowest BCUT2D eigenvalue weighted by molar-refractivity contribution is -0.0679. The number of hydrogen-bond donors (Lipinski definition) is 2. The number of rotatable bonds is 6. The molecule has 0 atom stereocenters. The number of ether oxygens (including phenoxy) is 2. The second kappa shape index (κ2) is 7.80. The Kier molecular flexibility index (Phi) is 7.63. The van der Waals surface area contributed by atoms with Crippen molar-refractivity contribution < 1.29 is 14.3 Å². The molecule has 0 amide bonds. The highest BCUT2D eigenvalue weighted by atomic mass is 16.7. The zero-order chi connectivity index (χ0) is 6.95. The predicted octanol–water partition coefficient (Wildman–Crippen LogP) is -1.22. The molecular formula is C4H12N2O3. The smallest absolute Gasteiger partial charge is 0.148 e. The topological polar surface area (TPSA) is 79.7 Å². The van der Waals surface area contributed by atoms with E-state index in [0.717, 1.165) is 0 Å². The second-order valence-corrected chi connectivity index (χ2v) is 1.27. The third-order valence-electron chi connectivity index (χ3n) is 0.630. The highest BCUT2D eigenvalue weighted by Crippen LogP contribution is 1.74. The minimum Gasteiger partial charge on any atom is -0.353 e. The van der Waals surface area contributed by atoms with Crippen LogP contribution in [0.25, 0.3) is 0 Å². The lowest BCUT2D eigenvalue weighted by Gasteiger charge is -2.01. The van der Waals surface area contributed by atoms with Gasteiger partial charge in [0.05, 0.1) is 19.9 Å². The number of nitrogens with two attached hydrogens (primary N) is 2. The average Bonchev–Trinajstić information content (AvgIpc) is 1.89. The van der Waals surface area contributed by atoms with Gasteiger partial charge in [-0.05, 0) is 0 Å². The van der Waals surface area contributed by atoms with Gasteiger partial charge in [-0.25, -0.2) is 5.90 Å². The Morgan fingerprint density at radius 3 is 2.44 bits per heavy atom. The fourth-order valence-electron chi connectivity index (χ4n) is 0.273. The maximum Gasteiger partial charge on any atom is 0.148 e. The van der Waals surface area contributed by atoms with Crippen LogP contribution in [0.3, 0.4) is 0 Å². The van der Waals surface area contributed by atoms with Crippen LogP contribution < -0.4 is 11.6 Å². The van der Waals surface area contributed by atoms with Crippen molar-refractivity contribution in [2.24, 2.45) is 11.6 Å². The first-order chi connectivity index (χ1) is 4.41. The van der Waals surface area contributed by atoms with E-state index in [9.17, 15) is 0 Å². The summed E-state index contributed by atoms with van der Waals surface area (Å²) in [4.78, 5) is 4.21. The van der Waals surface area contributed by atoms with E-state index in [2.05, 4.69) is 9.57 Å². The summed E-state index contributed by atoms with van der Waals surface area (Å²) in [5, 5.41) is 0. The van der Waals surface area contributed by atoms with Crippen molar-refractivity contribution in [3.8, 4) is 0 Å². The van der Waals surface area contributed by atoms with Crippen molar-refractivity contribution in [3.63, 3.8) is 0 Å². The van der Waals surface area contributed by atoms with Gasteiger partial charge in [0, 0.05) is 0 Å². The Hall–Kier alpha value is -0.200. The van der Waals surface area contributed by atoms with Crippen LogP contribution in [-0.4, -0.2) is 26.7 Å². The third kappa shape index (κ3) is 7.80. The normalized spacial score (nSPS) is 10.0. The first-order valence-corrected chi connectivity index (χ1v) is 2.59. The van der Waals surface area contributed by atoms with Gasteiger partial charge in [-0.15, -0.1) is 0 Å². The quantitative estimate of drug-likeness (QED) is 0.272. The average molecular weight is 136 g/mol. The molecule has 0 aliphatic rings. The zero-order valence-electron chi connectivity index (χ0n) is 5.21. The van der Waals surface area contributed by atoms with E-state index in [-0.39, 0.29) is 13.5 Å². The molecule has 4 N–H and O–H groups in total. The summed E-state index contributed by atoms with van der Waals surface area (Å²) in [6.45, 7) is 1.16. The van der Waals surface area contributed by atoms with Gasteiger partial charge in [0.25, 0.3) is 0 Å². The molecule has 0 aromatic rings. The third-order valence-corrected chi connectivity index (χ3v) is 0.630. The van der Waals surface area contributed by atoms with Gasteiger partial charge in [0.15, 0.2) is 0 Å². The van der Waals surface area contributed by atoms with Gasteiger partial charge in [0.1, 0.15) is 6.79 Å². The standard InChI is InChI=1S/C4H12N2O3/c5-3-8-4-7-1-2-9-6/h1-6H2. The molecule has 0 bridgehead atoms. The lowest BCUT2D eigenvalue weighted by atomic mass is 10.8. The Bertz CT molecular complexity index is 47.1. The summed E-state index contributed by atoms with van der Waals surface area (Å²) in [7, 11) is 0. The molecule has 0 aromatic heterocycles. The summed E-state index contributed by atoms with van der Waals surface area (Å²) in [6.07, 6.45) is 0. The van der Waals surface area contributed by atoms with Crippen LogP contribution >= 0.6 is 0 Å². The lowest BCUT2D eigenvalue weighted by Crippen LogP contribution is -2.12. The summed E-state index contributed by atoms with van der Waals surface area (Å²) >= 11 is 0. The maximum absolute atomic E-state index is 4.99. The van der Waals surface area contributed by atoms with E-state index in [1.807, 2.05) is 0 Å². The molecule has 0 saturated carbocycles. The first-order valence-electron chi connectivity index (χ1n) is 2.59. The molecule has 0 saturated heterocycles. The van der Waals surface area contributed by atoms with Crippen molar-refractivity contribution >= 4 is 0 Å². The van der Waals surface area contributed by atoms with E-state index in [4.69, 9.17) is 16.4 Å². The van der Waals surface area contributed by atoms with E-state index in [0.29, 0.717) is 13.2 Å². The van der Waals surface area contributed by atoms with Crippen LogP contribution in [0.15, 0.2) is 0 Å². The molecule has 5 nitrogen and oxygen atoms in total. The Morgan fingerprint density at radius 1 is 1.11 bits per heavy atom. The van der Waals surface area contributed by atoms with Gasteiger partial charge in [-0.3, -0.25) is 0 Å². The van der Waals surface area contributed by atoms with Crippen LogP contribution in [0.2, 0.25) is 0 Å². The molecular weight excluding hydrogens is 124 g/mol. The molecule has 0 radical (unpaired) electrons. The largest absolute Gasteiger partial charge is 0.353 e. The van der Waals surface area contributed by atoms with E-state index < -0.39 is 0 Å². The summed E-state index contributed by atoms with van der Waals surface area (Å²) in [5.74, 6) is 4.70. The van der Waals surface area contributed by atoms with Crippen molar-refractivity contribution in [1.29, 1.82) is 0 Å². The minimum atomic E-state index is 0.170. The van der Waals surface area contributed by atoms with E-state index in [1.54, 1.807) is 0 Å². The molecule has 56 valence electrons. The molecule has 0 aromatic carbocycles. The van der Waals surface area contributed by atoms with Crippen molar-refractivity contribution in [1.82, 2.24) is 0 Å². The Balaban J connectivity index is 2.60. The summed E-state index contributed by atoms with van der Waals surface area (Å²) < 4.78 is 9.45. The zero-order valence-corrected chi connectivity index (χ0v) is 5.21. The fourth-order valence-corrected chi connectivity index (χ4v) is 0.273. The summed E-state index contributed by atoms with van der Waals surface area (Å²) in [5.41, 5.74) is 4.99. The van der Waals surface area contributed by atoms with Crippen LogP contribution in [0.4, 0.5) is 0 Å². The van der Waals surface area contributed by atoms with Crippen LogP contribution in [-0.2, 0) is 14.3 Å². The molecule has 0 aliphatic heterocycles.